The van der Waals surface area contributed by atoms with Gasteiger partial charge in [-0.15, -0.1) is 0 Å². The molecule has 25 heavy (non-hydrogen) atoms. The summed E-state index contributed by atoms with van der Waals surface area (Å²) in [6, 6.07) is 4.10. The lowest BCUT2D eigenvalue weighted by Gasteiger charge is -2.16. The predicted molar refractivity (Wildman–Crippen MR) is 98.5 cm³/mol. The van der Waals surface area contributed by atoms with E-state index < -0.39 is 0 Å². The molecule has 0 bridgehead atoms. The second-order valence-corrected chi connectivity index (χ2v) is 6.77. The lowest BCUT2D eigenvalue weighted by molar-refractivity contribution is -0.121. The fraction of sp³-hybridized carbons (Fsp3) is 0.526. The average molecular weight is 341 g/mol. The zero-order valence-electron chi connectivity index (χ0n) is 15.4. The van der Waals surface area contributed by atoms with Crippen molar-refractivity contribution in [2.24, 2.45) is 7.05 Å². The topological polar surface area (TPSA) is 63.1 Å². The highest BCUT2D eigenvalue weighted by Gasteiger charge is 2.13. The molecule has 0 aliphatic carbocycles. The summed E-state index contributed by atoms with van der Waals surface area (Å²) in [4.78, 5) is 19.0. The number of carbonyl (C=O) groups is 1. The van der Waals surface area contributed by atoms with E-state index in [0.717, 1.165) is 42.3 Å². The van der Waals surface area contributed by atoms with Crippen molar-refractivity contribution >= 4 is 11.7 Å². The van der Waals surface area contributed by atoms with Gasteiger partial charge in [0, 0.05) is 45.0 Å². The first kappa shape index (κ1) is 17.5. The summed E-state index contributed by atoms with van der Waals surface area (Å²) >= 11 is 0. The first-order valence-electron chi connectivity index (χ1n) is 9.00. The Balaban J connectivity index is 1.47. The number of carbonyl (C=O) groups excluding carboxylic acids is 1. The monoisotopic (exact) mass is 341 g/mol. The Hall–Kier alpha value is -2.37. The number of nitrogens with zero attached hydrogens (tertiary/aromatic N) is 4. The van der Waals surface area contributed by atoms with Crippen LogP contribution in [0.15, 0.2) is 18.3 Å². The highest BCUT2D eigenvalue weighted by Crippen LogP contribution is 2.17. The number of amides is 1. The second-order valence-electron chi connectivity index (χ2n) is 6.77. The molecule has 0 atom stereocenters. The molecule has 3 rings (SSSR count). The van der Waals surface area contributed by atoms with Gasteiger partial charge < -0.3 is 10.2 Å². The zero-order valence-corrected chi connectivity index (χ0v) is 15.4. The maximum atomic E-state index is 12.1. The maximum Gasteiger partial charge on any atom is 0.220 e. The second kappa shape index (κ2) is 7.68. The van der Waals surface area contributed by atoms with Crippen molar-refractivity contribution in [2.45, 2.75) is 46.1 Å². The van der Waals surface area contributed by atoms with E-state index in [-0.39, 0.29) is 5.91 Å². The summed E-state index contributed by atoms with van der Waals surface area (Å²) < 4.78 is 1.87. The lowest BCUT2D eigenvalue weighted by atomic mass is 10.1. The first-order valence-corrected chi connectivity index (χ1v) is 9.00. The minimum absolute atomic E-state index is 0.0614. The quantitative estimate of drug-likeness (QED) is 0.875. The Bertz CT molecular complexity index is 729. The Kier molecular flexibility index (Phi) is 5.36. The van der Waals surface area contributed by atoms with Crippen LogP contribution in [0.1, 0.15) is 41.8 Å². The van der Waals surface area contributed by atoms with Crippen LogP contribution in [0.25, 0.3) is 0 Å². The van der Waals surface area contributed by atoms with Crippen molar-refractivity contribution in [1.29, 1.82) is 0 Å². The molecule has 1 fully saturated rings. The van der Waals surface area contributed by atoms with Crippen molar-refractivity contribution < 1.29 is 4.79 Å². The van der Waals surface area contributed by atoms with Crippen molar-refractivity contribution in [1.82, 2.24) is 20.1 Å². The molecule has 0 spiro atoms. The van der Waals surface area contributed by atoms with Crippen molar-refractivity contribution in [2.75, 3.05) is 18.0 Å². The van der Waals surface area contributed by atoms with Crippen molar-refractivity contribution in [3.05, 3.63) is 40.8 Å². The Morgan fingerprint density at radius 2 is 2.00 bits per heavy atom. The number of aromatic nitrogens is 3. The number of anilines is 1. The Labute approximate surface area is 149 Å². The van der Waals surface area contributed by atoms with Crippen LogP contribution in [0.5, 0.6) is 0 Å². The number of hydrogen-bond acceptors (Lipinski definition) is 4. The SMILES string of the molecule is Cc1nn(C)c(C)c1CCC(=O)NCc1ccc(N2CCCC2)nc1. The molecule has 0 radical (unpaired) electrons. The van der Waals surface area contributed by atoms with E-state index >= 15 is 0 Å². The van der Waals surface area contributed by atoms with Crippen molar-refractivity contribution in [3.63, 3.8) is 0 Å². The van der Waals surface area contributed by atoms with Gasteiger partial charge in [-0.1, -0.05) is 6.07 Å². The molecule has 1 aliphatic heterocycles. The van der Waals surface area contributed by atoms with Gasteiger partial charge in [0.05, 0.1) is 5.69 Å². The van der Waals surface area contributed by atoms with Crippen LogP contribution in [-0.4, -0.2) is 33.8 Å². The van der Waals surface area contributed by atoms with E-state index in [9.17, 15) is 4.79 Å². The van der Waals surface area contributed by atoms with Crippen LogP contribution in [0.2, 0.25) is 0 Å². The van der Waals surface area contributed by atoms with Gasteiger partial charge in [0.2, 0.25) is 5.91 Å². The van der Waals surface area contributed by atoms with Crippen LogP contribution in [-0.2, 0) is 24.8 Å². The molecule has 1 amide bonds. The van der Waals surface area contributed by atoms with E-state index in [1.54, 1.807) is 0 Å². The summed E-state index contributed by atoms with van der Waals surface area (Å²) in [5.74, 6) is 1.10. The molecule has 1 aliphatic rings. The van der Waals surface area contributed by atoms with Crippen molar-refractivity contribution in [3.8, 4) is 0 Å². The molecular weight excluding hydrogens is 314 g/mol. The highest BCUT2D eigenvalue weighted by molar-refractivity contribution is 5.76. The van der Waals surface area contributed by atoms with E-state index in [2.05, 4.69) is 32.4 Å². The minimum Gasteiger partial charge on any atom is -0.357 e. The van der Waals surface area contributed by atoms with Gasteiger partial charge in [-0.3, -0.25) is 9.48 Å². The van der Waals surface area contributed by atoms with Gasteiger partial charge in [-0.2, -0.15) is 5.10 Å². The van der Waals surface area contributed by atoms with Crippen LogP contribution < -0.4 is 10.2 Å². The summed E-state index contributed by atoms with van der Waals surface area (Å²) in [5.41, 5.74) is 4.35. The van der Waals surface area contributed by atoms with E-state index in [4.69, 9.17) is 0 Å². The first-order chi connectivity index (χ1) is 12.0. The number of rotatable bonds is 6. The number of nitrogens with one attached hydrogen (secondary N) is 1. The fourth-order valence-corrected chi connectivity index (χ4v) is 3.36. The van der Waals surface area contributed by atoms with Gasteiger partial charge in [0.25, 0.3) is 0 Å². The highest BCUT2D eigenvalue weighted by atomic mass is 16.1. The minimum atomic E-state index is 0.0614. The summed E-state index contributed by atoms with van der Waals surface area (Å²) in [6.45, 7) is 6.75. The van der Waals surface area contributed by atoms with Crippen LogP contribution in [0, 0.1) is 13.8 Å². The Morgan fingerprint density at radius 1 is 1.24 bits per heavy atom. The number of pyridine rings is 1. The van der Waals surface area contributed by atoms with Gasteiger partial charge in [0.15, 0.2) is 0 Å². The van der Waals surface area contributed by atoms with Gasteiger partial charge in [-0.05, 0) is 50.3 Å². The molecule has 1 N–H and O–H groups in total. The van der Waals surface area contributed by atoms with E-state index in [1.807, 2.05) is 31.8 Å². The summed E-state index contributed by atoms with van der Waals surface area (Å²) in [6.07, 6.45) is 5.56. The molecule has 1 saturated heterocycles. The lowest BCUT2D eigenvalue weighted by Crippen LogP contribution is -2.23. The summed E-state index contributed by atoms with van der Waals surface area (Å²) in [7, 11) is 1.94. The largest absolute Gasteiger partial charge is 0.357 e. The molecule has 2 aromatic rings. The smallest absolute Gasteiger partial charge is 0.220 e. The molecule has 0 saturated carbocycles. The van der Waals surface area contributed by atoms with Crippen LogP contribution >= 0.6 is 0 Å². The predicted octanol–water partition coefficient (Wildman–Crippen LogP) is 2.28. The van der Waals surface area contributed by atoms with Gasteiger partial charge >= 0.3 is 0 Å². The molecule has 134 valence electrons. The molecule has 0 unspecified atom stereocenters. The molecule has 6 nitrogen and oxygen atoms in total. The van der Waals surface area contributed by atoms with Gasteiger partial charge in [0.1, 0.15) is 5.82 Å². The van der Waals surface area contributed by atoms with Crippen LogP contribution in [0.3, 0.4) is 0 Å². The standard InChI is InChI=1S/C19H27N5O/c1-14-17(15(2)23(3)22-14)7-9-19(25)21-13-16-6-8-18(20-12-16)24-10-4-5-11-24/h6,8,12H,4-5,7,9-11,13H2,1-3H3,(H,21,25). The average Bonchev–Trinajstić information content (AvgIpc) is 3.22. The Morgan fingerprint density at radius 3 is 2.60 bits per heavy atom. The molecule has 2 aromatic heterocycles. The van der Waals surface area contributed by atoms with E-state index in [0.29, 0.717) is 13.0 Å². The summed E-state index contributed by atoms with van der Waals surface area (Å²) in [5, 5.41) is 7.38. The third-order valence-corrected chi connectivity index (χ3v) is 4.99. The van der Waals surface area contributed by atoms with Crippen LogP contribution in [0.4, 0.5) is 5.82 Å². The van der Waals surface area contributed by atoms with Gasteiger partial charge in [-0.25, -0.2) is 4.98 Å². The fourth-order valence-electron chi connectivity index (χ4n) is 3.36. The molecular formula is C19H27N5O. The third kappa shape index (κ3) is 4.18. The molecule has 3 heterocycles. The number of aryl methyl sites for hydroxylation is 2. The van der Waals surface area contributed by atoms with E-state index in [1.165, 1.54) is 18.4 Å². The maximum absolute atomic E-state index is 12.1. The molecule has 0 aromatic carbocycles. The zero-order chi connectivity index (χ0) is 17.8. The third-order valence-electron chi connectivity index (χ3n) is 4.99. The number of hydrogen-bond donors (Lipinski definition) is 1. The molecule has 6 heteroatoms. The normalized spacial score (nSPS) is 14.1.